The van der Waals surface area contributed by atoms with E-state index in [2.05, 4.69) is 4.98 Å². The van der Waals surface area contributed by atoms with E-state index in [1.165, 1.54) is 12.3 Å². The summed E-state index contributed by atoms with van der Waals surface area (Å²) in [4.78, 5) is 13.7. The van der Waals surface area contributed by atoms with E-state index in [1.807, 2.05) is 0 Å². The third-order valence-electron chi connectivity index (χ3n) is 0.963. The van der Waals surface area contributed by atoms with Gasteiger partial charge in [0.1, 0.15) is 5.75 Å². The molecule has 5 nitrogen and oxygen atoms in total. The Labute approximate surface area is 62.2 Å². The fraction of sp³-hybridized carbons (Fsp3) is 0. The Hall–Kier alpha value is -1.62. The normalized spacial score (nSPS) is 8.36. The van der Waals surface area contributed by atoms with E-state index in [4.69, 9.17) is 10.2 Å². The van der Waals surface area contributed by atoms with Gasteiger partial charge in [-0.2, -0.15) is 0 Å². The number of nitrogens with zero attached hydrogens (tertiary/aromatic N) is 1. The Balaban J connectivity index is 0.000001000. The molecule has 11 heavy (non-hydrogen) atoms. The van der Waals surface area contributed by atoms with Gasteiger partial charge in [0, 0.05) is 12.3 Å². The molecule has 0 radical (unpaired) electrons. The topological polar surface area (TPSA) is 102 Å². The van der Waals surface area contributed by atoms with E-state index >= 15 is 0 Å². The molecule has 0 saturated carbocycles. The molecule has 60 valence electrons. The summed E-state index contributed by atoms with van der Waals surface area (Å²) >= 11 is 0. The predicted octanol–water partition coefficient (Wildman–Crippen LogP) is -0.339. The summed E-state index contributed by atoms with van der Waals surface area (Å²) in [5.41, 5.74) is -0.153. The molecule has 0 atom stereocenters. The fourth-order valence-electron chi connectivity index (χ4n) is 0.536. The van der Waals surface area contributed by atoms with Crippen molar-refractivity contribution in [2.45, 2.75) is 0 Å². The number of aromatic hydroxyl groups is 1. The standard InChI is InChI=1S/C6H5NO3.H2O/c8-4-1-2-7-5(3-4)6(9)10;/h1-3H,(H,7,8)(H,9,10);1H2. The minimum absolute atomic E-state index is 0. The van der Waals surface area contributed by atoms with Crippen molar-refractivity contribution in [2.75, 3.05) is 0 Å². The zero-order valence-corrected chi connectivity index (χ0v) is 5.48. The highest BCUT2D eigenvalue weighted by atomic mass is 16.4. The minimum atomic E-state index is -1.14. The van der Waals surface area contributed by atoms with Crippen LogP contribution in [-0.2, 0) is 0 Å². The van der Waals surface area contributed by atoms with Crippen LogP contribution in [-0.4, -0.2) is 26.6 Å². The molecular weight excluding hydrogens is 150 g/mol. The van der Waals surface area contributed by atoms with Crippen LogP contribution in [0.4, 0.5) is 0 Å². The number of hydrogen-bond donors (Lipinski definition) is 2. The van der Waals surface area contributed by atoms with Gasteiger partial charge in [-0.1, -0.05) is 0 Å². The van der Waals surface area contributed by atoms with Crippen LogP contribution < -0.4 is 0 Å². The Bertz CT molecular complexity index is 261. The lowest BCUT2D eigenvalue weighted by Gasteiger charge is -1.91. The van der Waals surface area contributed by atoms with Crippen molar-refractivity contribution in [1.29, 1.82) is 0 Å². The highest BCUT2D eigenvalue weighted by Gasteiger charge is 2.02. The van der Waals surface area contributed by atoms with Gasteiger partial charge in [0.15, 0.2) is 5.69 Å². The van der Waals surface area contributed by atoms with E-state index in [9.17, 15) is 4.79 Å². The lowest BCUT2D eigenvalue weighted by molar-refractivity contribution is 0.0690. The largest absolute Gasteiger partial charge is 0.508 e. The summed E-state index contributed by atoms with van der Waals surface area (Å²) in [5, 5.41) is 17.1. The smallest absolute Gasteiger partial charge is 0.354 e. The molecule has 1 aromatic rings. The molecule has 0 unspecified atom stereocenters. The molecule has 1 heterocycles. The second kappa shape index (κ2) is 3.52. The summed E-state index contributed by atoms with van der Waals surface area (Å²) < 4.78 is 0. The van der Waals surface area contributed by atoms with E-state index in [0.717, 1.165) is 6.07 Å². The molecule has 0 amide bonds. The van der Waals surface area contributed by atoms with Gasteiger partial charge in [-0.25, -0.2) is 9.78 Å². The number of aromatic carboxylic acids is 1. The van der Waals surface area contributed by atoms with Gasteiger partial charge in [-0.05, 0) is 6.07 Å². The van der Waals surface area contributed by atoms with Gasteiger partial charge in [0.2, 0.25) is 0 Å². The average molecular weight is 157 g/mol. The second-order valence-corrected chi connectivity index (χ2v) is 1.70. The maximum absolute atomic E-state index is 10.2. The zero-order valence-electron chi connectivity index (χ0n) is 5.48. The molecule has 0 bridgehead atoms. The molecule has 1 aromatic heterocycles. The summed E-state index contributed by atoms with van der Waals surface area (Å²) in [6.07, 6.45) is 1.23. The zero-order chi connectivity index (χ0) is 7.56. The highest BCUT2D eigenvalue weighted by Crippen LogP contribution is 2.06. The Morgan fingerprint density at radius 2 is 2.18 bits per heavy atom. The molecule has 4 N–H and O–H groups in total. The minimum Gasteiger partial charge on any atom is -0.508 e. The highest BCUT2D eigenvalue weighted by molar-refractivity contribution is 5.85. The number of hydrogen-bond acceptors (Lipinski definition) is 3. The summed E-state index contributed by atoms with van der Waals surface area (Å²) in [6.45, 7) is 0. The number of rotatable bonds is 1. The summed E-state index contributed by atoms with van der Waals surface area (Å²) in [5.74, 6) is -1.23. The van der Waals surface area contributed by atoms with Crippen LogP contribution in [0.25, 0.3) is 0 Å². The first kappa shape index (κ1) is 9.38. The van der Waals surface area contributed by atoms with Gasteiger partial charge < -0.3 is 15.7 Å². The summed E-state index contributed by atoms with van der Waals surface area (Å²) in [7, 11) is 0. The van der Waals surface area contributed by atoms with Gasteiger partial charge in [0.05, 0.1) is 0 Å². The molecule has 0 aliphatic heterocycles. The van der Waals surface area contributed by atoms with Gasteiger partial charge >= 0.3 is 5.97 Å². The molecule has 0 aliphatic rings. The quantitative estimate of drug-likeness (QED) is 0.582. The van der Waals surface area contributed by atoms with Crippen molar-refractivity contribution < 1.29 is 20.5 Å². The van der Waals surface area contributed by atoms with Crippen LogP contribution in [0.2, 0.25) is 0 Å². The molecule has 0 aromatic carbocycles. The number of carbonyl (C=O) groups is 1. The third-order valence-corrected chi connectivity index (χ3v) is 0.963. The monoisotopic (exact) mass is 157 g/mol. The first-order valence-electron chi connectivity index (χ1n) is 2.58. The van der Waals surface area contributed by atoms with E-state index in [-0.39, 0.29) is 16.9 Å². The van der Waals surface area contributed by atoms with Crippen molar-refractivity contribution in [3.8, 4) is 5.75 Å². The molecule has 0 spiro atoms. The molecule has 1 rings (SSSR count). The van der Waals surface area contributed by atoms with Crippen LogP contribution in [0.1, 0.15) is 10.5 Å². The van der Waals surface area contributed by atoms with E-state index in [0.29, 0.717) is 0 Å². The molecule has 0 fully saturated rings. The number of carboxylic acid groups (broad SMARTS) is 1. The fourth-order valence-corrected chi connectivity index (χ4v) is 0.536. The van der Waals surface area contributed by atoms with Crippen molar-refractivity contribution in [1.82, 2.24) is 4.98 Å². The van der Waals surface area contributed by atoms with Crippen molar-refractivity contribution >= 4 is 5.97 Å². The molecular formula is C6H7NO4. The van der Waals surface area contributed by atoms with Crippen LogP contribution in [0, 0.1) is 0 Å². The van der Waals surface area contributed by atoms with Crippen LogP contribution in [0.5, 0.6) is 5.75 Å². The first-order valence-corrected chi connectivity index (χ1v) is 2.58. The lowest BCUT2D eigenvalue weighted by Crippen LogP contribution is -1.98. The Morgan fingerprint density at radius 1 is 1.55 bits per heavy atom. The average Bonchev–Trinajstić information content (AvgIpc) is 1.88. The lowest BCUT2D eigenvalue weighted by atomic mass is 10.3. The molecule has 0 aliphatic carbocycles. The second-order valence-electron chi connectivity index (χ2n) is 1.70. The van der Waals surface area contributed by atoms with Gasteiger partial charge in [0.25, 0.3) is 0 Å². The van der Waals surface area contributed by atoms with Gasteiger partial charge in [-0.15, -0.1) is 0 Å². The van der Waals surface area contributed by atoms with Crippen molar-refractivity contribution in [3.63, 3.8) is 0 Å². The van der Waals surface area contributed by atoms with Gasteiger partial charge in [-0.3, -0.25) is 0 Å². The molecule has 0 saturated heterocycles. The SMILES string of the molecule is O.O=C(O)c1cc(O)ccn1. The predicted molar refractivity (Wildman–Crippen MR) is 36.5 cm³/mol. The Kier molecular flexibility index (Phi) is 3.01. The van der Waals surface area contributed by atoms with Crippen LogP contribution >= 0.6 is 0 Å². The summed E-state index contributed by atoms with van der Waals surface area (Å²) in [6, 6.07) is 2.40. The van der Waals surface area contributed by atoms with E-state index < -0.39 is 5.97 Å². The number of aromatic nitrogens is 1. The Morgan fingerprint density at radius 3 is 2.55 bits per heavy atom. The maximum Gasteiger partial charge on any atom is 0.354 e. The number of carboxylic acids is 1. The third kappa shape index (κ3) is 2.23. The van der Waals surface area contributed by atoms with Crippen molar-refractivity contribution in [2.24, 2.45) is 0 Å². The van der Waals surface area contributed by atoms with Crippen LogP contribution in [0.3, 0.4) is 0 Å². The van der Waals surface area contributed by atoms with Crippen LogP contribution in [0.15, 0.2) is 18.3 Å². The first-order chi connectivity index (χ1) is 4.70. The molecule has 5 heteroatoms. The number of pyridine rings is 1. The van der Waals surface area contributed by atoms with E-state index in [1.54, 1.807) is 0 Å². The maximum atomic E-state index is 10.2. The van der Waals surface area contributed by atoms with Crippen molar-refractivity contribution in [3.05, 3.63) is 24.0 Å².